The van der Waals surface area contributed by atoms with Crippen LogP contribution in [0, 0.1) is 39.8 Å². The molecule has 0 saturated heterocycles. The van der Waals surface area contributed by atoms with Crippen LogP contribution in [0.25, 0.3) is 0 Å². The number of halogens is 1. The lowest BCUT2D eigenvalue weighted by Gasteiger charge is -1.95. The van der Waals surface area contributed by atoms with E-state index in [0.717, 1.165) is 12.1 Å². The fourth-order valence-corrected chi connectivity index (χ4v) is 0.852. The SMILES string of the molecule is N#Cc1cc(C#N)c(F)c(C#N)c1. The van der Waals surface area contributed by atoms with E-state index in [1.807, 2.05) is 0 Å². The van der Waals surface area contributed by atoms with Crippen molar-refractivity contribution in [3.63, 3.8) is 0 Å². The van der Waals surface area contributed by atoms with Crippen molar-refractivity contribution in [1.82, 2.24) is 0 Å². The molecule has 0 spiro atoms. The molecule has 0 aliphatic heterocycles. The van der Waals surface area contributed by atoms with Gasteiger partial charge < -0.3 is 0 Å². The van der Waals surface area contributed by atoms with E-state index in [1.165, 1.54) is 0 Å². The summed E-state index contributed by atoms with van der Waals surface area (Å²) in [5.41, 5.74) is -0.458. The fraction of sp³-hybridized carbons (Fsp3) is 0. The number of nitriles is 3. The first kappa shape index (κ1) is 8.71. The Morgan fingerprint density at radius 3 is 1.69 bits per heavy atom. The van der Waals surface area contributed by atoms with Crippen LogP contribution in [0.5, 0.6) is 0 Å². The second-order valence-electron chi connectivity index (χ2n) is 2.22. The molecule has 13 heavy (non-hydrogen) atoms. The third kappa shape index (κ3) is 1.45. The zero-order valence-corrected chi connectivity index (χ0v) is 6.37. The lowest BCUT2D eigenvalue weighted by atomic mass is 10.1. The molecule has 3 nitrogen and oxygen atoms in total. The zero-order valence-electron chi connectivity index (χ0n) is 6.37. The average Bonchev–Trinajstić information content (AvgIpc) is 2.18. The summed E-state index contributed by atoms with van der Waals surface area (Å²) in [5, 5.41) is 25.4. The Balaban J connectivity index is 3.53. The van der Waals surface area contributed by atoms with Crippen LogP contribution in [0.4, 0.5) is 4.39 Å². The van der Waals surface area contributed by atoms with E-state index >= 15 is 0 Å². The van der Waals surface area contributed by atoms with Crippen molar-refractivity contribution in [2.75, 3.05) is 0 Å². The Labute approximate surface area is 73.9 Å². The molecule has 4 heteroatoms. The number of hydrogen-bond acceptors (Lipinski definition) is 3. The summed E-state index contributed by atoms with van der Waals surface area (Å²) in [5.74, 6) is -0.871. The number of rotatable bonds is 0. The first-order valence-electron chi connectivity index (χ1n) is 3.26. The molecule has 0 aliphatic carbocycles. The maximum Gasteiger partial charge on any atom is 0.158 e. The van der Waals surface area contributed by atoms with Crippen LogP contribution in [0.15, 0.2) is 12.1 Å². The predicted molar refractivity (Wildman–Crippen MR) is 40.5 cm³/mol. The van der Waals surface area contributed by atoms with Crippen molar-refractivity contribution < 1.29 is 4.39 Å². The van der Waals surface area contributed by atoms with E-state index in [4.69, 9.17) is 15.8 Å². The fourth-order valence-electron chi connectivity index (χ4n) is 0.852. The summed E-state index contributed by atoms with van der Waals surface area (Å²) in [6.07, 6.45) is 0. The van der Waals surface area contributed by atoms with Gasteiger partial charge in [0.25, 0.3) is 0 Å². The molecule has 1 aromatic carbocycles. The second-order valence-corrected chi connectivity index (χ2v) is 2.22. The lowest BCUT2D eigenvalue weighted by Crippen LogP contribution is -1.91. The molecule has 0 fully saturated rings. The van der Waals surface area contributed by atoms with Crippen LogP contribution < -0.4 is 0 Å². The molecular formula is C9H2FN3. The monoisotopic (exact) mass is 171 g/mol. The Morgan fingerprint density at radius 1 is 0.923 bits per heavy atom. The van der Waals surface area contributed by atoms with Crippen molar-refractivity contribution in [1.29, 1.82) is 15.8 Å². The van der Waals surface area contributed by atoms with E-state index in [2.05, 4.69) is 0 Å². The van der Waals surface area contributed by atoms with Crippen LogP contribution >= 0.6 is 0 Å². The maximum absolute atomic E-state index is 13.0. The molecule has 0 aliphatic rings. The first-order chi connectivity index (χ1) is 6.22. The molecule has 0 bridgehead atoms. The van der Waals surface area contributed by atoms with Gasteiger partial charge >= 0.3 is 0 Å². The van der Waals surface area contributed by atoms with Crippen molar-refractivity contribution in [2.45, 2.75) is 0 Å². The van der Waals surface area contributed by atoms with E-state index in [-0.39, 0.29) is 16.7 Å². The van der Waals surface area contributed by atoms with E-state index in [0.29, 0.717) is 0 Å². The Kier molecular flexibility index (Phi) is 2.24. The molecule has 0 N–H and O–H groups in total. The van der Waals surface area contributed by atoms with Crippen molar-refractivity contribution in [3.8, 4) is 18.2 Å². The molecule has 1 rings (SSSR count). The summed E-state index contributed by atoms with van der Waals surface area (Å²) in [4.78, 5) is 0. The summed E-state index contributed by atoms with van der Waals surface area (Å²) >= 11 is 0. The highest BCUT2D eigenvalue weighted by molar-refractivity contribution is 5.47. The van der Waals surface area contributed by atoms with Crippen molar-refractivity contribution >= 4 is 0 Å². The molecule has 0 saturated carbocycles. The van der Waals surface area contributed by atoms with Gasteiger partial charge in [0, 0.05) is 0 Å². The van der Waals surface area contributed by atoms with Gasteiger partial charge in [-0.05, 0) is 12.1 Å². The molecular weight excluding hydrogens is 169 g/mol. The Hall–Kier alpha value is -2.38. The predicted octanol–water partition coefficient (Wildman–Crippen LogP) is 1.44. The van der Waals surface area contributed by atoms with Gasteiger partial charge in [-0.25, -0.2) is 4.39 Å². The van der Waals surface area contributed by atoms with Gasteiger partial charge in [0.15, 0.2) is 5.82 Å². The molecule has 0 amide bonds. The van der Waals surface area contributed by atoms with Crippen molar-refractivity contribution in [2.24, 2.45) is 0 Å². The maximum atomic E-state index is 13.0. The average molecular weight is 171 g/mol. The topological polar surface area (TPSA) is 71.4 Å². The van der Waals surface area contributed by atoms with Crippen LogP contribution in [-0.2, 0) is 0 Å². The quantitative estimate of drug-likeness (QED) is 0.592. The number of benzene rings is 1. The van der Waals surface area contributed by atoms with Gasteiger partial charge in [-0.2, -0.15) is 15.8 Å². The minimum Gasteiger partial charge on any atom is -0.204 e. The molecule has 0 unspecified atom stereocenters. The lowest BCUT2D eigenvalue weighted by molar-refractivity contribution is 0.620. The third-order valence-electron chi connectivity index (χ3n) is 1.44. The van der Waals surface area contributed by atoms with Gasteiger partial charge in [0.05, 0.1) is 22.8 Å². The van der Waals surface area contributed by atoms with Crippen molar-refractivity contribution in [3.05, 3.63) is 34.6 Å². The summed E-state index contributed by atoms with van der Waals surface area (Å²) in [6.45, 7) is 0. The molecule has 0 atom stereocenters. The highest BCUT2D eigenvalue weighted by atomic mass is 19.1. The van der Waals surface area contributed by atoms with Gasteiger partial charge in [-0.15, -0.1) is 0 Å². The van der Waals surface area contributed by atoms with Crippen LogP contribution in [-0.4, -0.2) is 0 Å². The first-order valence-corrected chi connectivity index (χ1v) is 3.26. The van der Waals surface area contributed by atoms with E-state index in [9.17, 15) is 4.39 Å². The molecule has 1 aromatic rings. The molecule has 60 valence electrons. The van der Waals surface area contributed by atoms with Gasteiger partial charge in [-0.1, -0.05) is 0 Å². The highest BCUT2D eigenvalue weighted by Crippen LogP contribution is 2.14. The Morgan fingerprint density at radius 2 is 1.38 bits per heavy atom. The van der Waals surface area contributed by atoms with E-state index in [1.54, 1.807) is 18.2 Å². The minimum atomic E-state index is -0.871. The van der Waals surface area contributed by atoms with Gasteiger partial charge in [0.2, 0.25) is 0 Å². The van der Waals surface area contributed by atoms with Crippen LogP contribution in [0.3, 0.4) is 0 Å². The Bertz CT molecular complexity index is 436. The van der Waals surface area contributed by atoms with Gasteiger partial charge in [0.1, 0.15) is 12.1 Å². The minimum absolute atomic E-state index is 0.106. The van der Waals surface area contributed by atoms with E-state index < -0.39 is 5.82 Å². The number of hydrogen-bond donors (Lipinski definition) is 0. The normalized spacial score (nSPS) is 8.15. The highest BCUT2D eigenvalue weighted by Gasteiger charge is 2.09. The third-order valence-corrected chi connectivity index (χ3v) is 1.44. The number of nitrogens with zero attached hydrogens (tertiary/aromatic N) is 3. The summed E-state index contributed by atoms with van der Waals surface area (Å²) in [7, 11) is 0. The van der Waals surface area contributed by atoms with Crippen LogP contribution in [0.1, 0.15) is 16.7 Å². The molecule has 0 heterocycles. The summed E-state index contributed by atoms with van der Waals surface area (Å²) < 4.78 is 13.0. The van der Waals surface area contributed by atoms with Crippen LogP contribution in [0.2, 0.25) is 0 Å². The molecule has 0 radical (unpaired) electrons. The molecule has 0 aromatic heterocycles. The largest absolute Gasteiger partial charge is 0.204 e. The standard InChI is InChI=1S/C9H2FN3/c10-9-7(4-12)1-6(3-11)2-8(9)5-13/h1-2H. The summed E-state index contributed by atoms with van der Waals surface area (Å²) in [6, 6.07) is 7.08. The second kappa shape index (κ2) is 3.34. The van der Waals surface area contributed by atoms with Gasteiger partial charge in [-0.3, -0.25) is 0 Å². The smallest absolute Gasteiger partial charge is 0.158 e. The zero-order chi connectivity index (χ0) is 9.84.